The zero-order chi connectivity index (χ0) is 18.4. The molecule has 2 aromatic rings. The number of hydrogen-bond donors (Lipinski definition) is 2. The molecular weight excluding hydrogens is 322 g/mol. The van der Waals surface area contributed by atoms with Crippen LogP contribution in [-0.2, 0) is 16.1 Å². The molecule has 0 unspecified atom stereocenters. The maximum Gasteiger partial charge on any atom is 0.337 e. The largest absolute Gasteiger partial charge is 0.480 e. The van der Waals surface area contributed by atoms with Crippen molar-refractivity contribution in [1.82, 2.24) is 5.32 Å². The van der Waals surface area contributed by atoms with E-state index in [9.17, 15) is 14.7 Å². The number of benzene rings is 1. The summed E-state index contributed by atoms with van der Waals surface area (Å²) in [7, 11) is 1.34. The summed E-state index contributed by atoms with van der Waals surface area (Å²) >= 11 is 0. The van der Waals surface area contributed by atoms with E-state index in [1.54, 1.807) is 24.3 Å². The number of carboxylic acids is 1. The molecule has 0 saturated carbocycles. The van der Waals surface area contributed by atoms with Crippen LogP contribution < -0.4 is 5.32 Å². The quantitative estimate of drug-likeness (QED) is 0.714. The third-order valence-corrected chi connectivity index (χ3v) is 3.78. The first-order chi connectivity index (χ1) is 11.9. The monoisotopic (exact) mass is 345 g/mol. The van der Waals surface area contributed by atoms with Gasteiger partial charge in [0.15, 0.2) is 0 Å². The number of hydrogen-bond acceptors (Lipinski definition) is 5. The van der Waals surface area contributed by atoms with Crippen LogP contribution in [0.5, 0.6) is 0 Å². The summed E-state index contributed by atoms with van der Waals surface area (Å²) < 4.78 is 10.4. The molecule has 6 heteroatoms. The fourth-order valence-corrected chi connectivity index (χ4v) is 2.48. The summed E-state index contributed by atoms with van der Waals surface area (Å²) in [6.45, 7) is 4.31. The SMILES string of the molecule is COC(=O)c1ccc(-c2ccc(CN[C@H](CC(C)C)C(=O)O)o2)cc1. The van der Waals surface area contributed by atoms with Crippen LogP contribution in [0.4, 0.5) is 0 Å². The summed E-state index contributed by atoms with van der Waals surface area (Å²) in [4.78, 5) is 22.7. The molecule has 1 atom stereocenters. The van der Waals surface area contributed by atoms with E-state index < -0.39 is 12.0 Å². The van der Waals surface area contributed by atoms with Crippen LogP contribution in [0.2, 0.25) is 0 Å². The van der Waals surface area contributed by atoms with Gasteiger partial charge >= 0.3 is 11.9 Å². The molecule has 0 aliphatic carbocycles. The van der Waals surface area contributed by atoms with Gasteiger partial charge in [-0.3, -0.25) is 10.1 Å². The van der Waals surface area contributed by atoms with Gasteiger partial charge in [-0.2, -0.15) is 0 Å². The van der Waals surface area contributed by atoms with Crippen molar-refractivity contribution in [2.75, 3.05) is 7.11 Å². The van der Waals surface area contributed by atoms with E-state index in [1.165, 1.54) is 7.11 Å². The lowest BCUT2D eigenvalue weighted by molar-refractivity contribution is -0.140. The Labute approximate surface area is 146 Å². The summed E-state index contributed by atoms with van der Waals surface area (Å²) in [5.41, 5.74) is 1.30. The van der Waals surface area contributed by atoms with E-state index >= 15 is 0 Å². The number of carbonyl (C=O) groups excluding carboxylic acids is 1. The topological polar surface area (TPSA) is 88.8 Å². The molecule has 0 bridgehead atoms. The average molecular weight is 345 g/mol. The van der Waals surface area contributed by atoms with Crippen molar-refractivity contribution in [3.05, 3.63) is 47.7 Å². The standard InChI is InChI=1S/C19H23NO5/c1-12(2)10-16(18(21)22)20-11-15-8-9-17(25-15)13-4-6-14(7-5-13)19(23)24-3/h4-9,12,16,20H,10-11H2,1-3H3,(H,21,22)/t16-/m1/s1. The number of ether oxygens (including phenoxy) is 1. The lowest BCUT2D eigenvalue weighted by Gasteiger charge is -2.15. The van der Waals surface area contributed by atoms with Gasteiger partial charge in [-0.15, -0.1) is 0 Å². The minimum Gasteiger partial charge on any atom is -0.480 e. The highest BCUT2D eigenvalue weighted by atomic mass is 16.5. The van der Waals surface area contributed by atoms with Gasteiger partial charge in [-0.05, 0) is 36.6 Å². The minimum atomic E-state index is -0.862. The van der Waals surface area contributed by atoms with Gasteiger partial charge in [0.2, 0.25) is 0 Å². The van der Waals surface area contributed by atoms with Gasteiger partial charge < -0.3 is 14.3 Å². The maximum atomic E-state index is 11.4. The molecule has 2 N–H and O–H groups in total. The van der Waals surface area contributed by atoms with Gasteiger partial charge in [0.1, 0.15) is 17.6 Å². The highest BCUT2D eigenvalue weighted by molar-refractivity contribution is 5.89. The number of rotatable bonds is 8. The maximum absolute atomic E-state index is 11.4. The van der Waals surface area contributed by atoms with E-state index in [0.29, 0.717) is 30.0 Å². The van der Waals surface area contributed by atoms with Crippen molar-refractivity contribution in [3.63, 3.8) is 0 Å². The van der Waals surface area contributed by atoms with E-state index in [0.717, 1.165) is 5.56 Å². The number of furan rings is 1. The molecule has 0 fully saturated rings. The highest BCUT2D eigenvalue weighted by Gasteiger charge is 2.18. The van der Waals surface area contributed by atoms with Crippen molar-refractivity contribution in [2.24, 2.45) is 5.92 Å². The van der Waals surface area contributed by atoms with Crippen molar-refractivity contribution in [1.29, 1.82) is 0 Å². The van der Waals surface area contributed by atoms with Gasteiger partial charge in [0, 0.05) is 5.56 Å². The van der Waals surface area contributed by atoms with E-state index in [4.69, 9.17) is 4.42 Å². The molecule has 0 saturated heterocycles. The number of esters is 1. The van der Waals surface area contributed by atoms with Crippen LogP contribution in [0.3, 0.4) is 0 Å². The van der Waals surface area contributed by atoms with Gasteiger partial charge in [-0.1, -0.05) is 26.0 Å². The van der Waals surface area contributed by atoms with Crippen LogP contribution in [-0.4, -0.2) is 30.2 Å². The zero-order valence-electron chi connectivity index (χ0n) is 14.6. The fourth-order valence-electron chi connectivity index (χ4n) is 2.48. The molecule has 0 aliphatic heterocycles. The lowest BCUT2D eigenvalue weighted by Crippen LogP contribution is -2.37. The van der Waals surface area contributed by atoms with E-state index in [1.807, 2.05) is 26.0 Å². The van der Waals surface area contributed by atoms with Crippen LogP contribution in [0, 0.1) is 5.92 Å². The summed E-state index contributed by atoms with van der Waals surface area (Å²) in [5.74, 6) is 0.347. The van der Waals surface area contributed by atoms with Crippen molar-refractivity contribution in [2.45, 2.75) is 32.9 Å². The van der Waals surface area contributed by atoms with E-state index in [-0.39, 0.29) is 11.9 Å². The number of carbonyl (C=O) groups is 2. The van der Waals surface area contributed by atoms with Gasteiger partial charge in [0.05, 0.1) is 19.2 Å². The predicted octanol–water partition coefficient (Wildman–Crippen LogP) is 3.32. The van der Waals surface area contributed by atoms with Crippen LogP contribution in [0.25, 0.3) is 11.3 Å². The third-order valence-electron chi connectivity index (χ3n) is 3.78. The van der Waals surface area contributed by atoms with Crippen molar-refractivity contribution in [3.8, 4) is 11.3 Å². The molecule has 25 heavy (non-hydrogen) atoms. The van der Waals surface area contributed by atoms with Crippen LogP contribution >= 0.6 is 0 Å². The Morgan fingerprint density at radius 2 is 1.84 bits per heavy atom. The summed E-state index contributed by atoms with van der Waals surface area (Å²) in [6.07, 6.45) is 0.553. The van der Waals surface area contributed by atoms with Crippen molar-refractivity contribution < 1.29 is 23.8 Å². The molecule has 134 valence electrons. The molecule has 0 aliphatic rings. The Balaban J connectivity index is 2.02. The second-order valence-corrected chi connectivity index (χ2v) is 6.24. The van der Waals surface area contributed by atoms with Crippen LogP contribution in [0.1, 0.15) is 36.4 Å². The molecule has 1 aromatic carbocycles. The number of nitrogens with one attached hydrogen (secondary N) is 1. The highest BCUT2D eigenvalue weighted by Crippen LogP contribution is 2.23. The van der Waals surface area contributed by atoms with Crippen LogP contribution in [0.15, 0.2) is 40.8 Å². The molecular formula is C19H23NO5. The Morgan fingerprint density at radius 1 is 1.16 bits per heavy atom. The van der Waals surface area contributed by atoms with Gasteiger partial charge in [0.25, 0.3) is 0 Å². The molecule has 0 radical (unpaired) electrons. The second kappa shape index (κ2) is 8.48. The molecule has 2 rings (SSSR count). The van der Waals surface area contributed by atoms with Crippen molar-refractivity contribution >= 4 is 11.9 Å². The lowest BCUT2D eigenvalue weighted by atomic mass is 10.0. The zero-order valence-corrected chi connectivity index (χ0v) is 14.6. The van der Waals surface area contributed by atoms with E-state index in [2.05, 4.69) is 10.1 Å². The second-order valence-electron chi connectivity index (χ2n) is 6.24. The Morgan fingerprint density at radius 3 is 2.40 bits per heavy atom. The Bertz CT molecular complexity index is 718. The molecule has 0 spiro atoms. The first-order valence-corrected chi connectivity index (χ1v) is 8.14. The predicted molar refractivity (Wildman–Crippen MR) is 93.2 cm³/mol. The number of methoxy groups -OCH3 is 1. The minimum absolute atomic E-state index is 0.286. The Hall–Kier alpha value is -2.60. The Kier molecular flexibility index (Phi) is 6.36. The third kappa shape index (κ3) is 5.19. The fraction of sp³-hybridized carbons (Fsp3) is 0.368. The average Bonchev–Trinajstić information content (AvgIpc) is 3.06. The number of carboxylic acid groups (broad SMARTS) is 1. The molecule has 1 aromatic heterocycles. The smallest absolute Gasteiger partial charge is 0.337 e. The first-order valence-electron chi connectivity index (χ1n) is 8.14. The van der Waals surface area contributed by atoms with Gasteiger partial charge in [-0.25, -0.2) is 4.79 Å². The number of aliphatic carboxylic acids is 1. The normalized spacial score (nSPS) is 12.2. The molecule has 6 nitrogen and oxygen atoms in total. The molecule has 0 amide bonds. The molecule has 1 heterocycles. The summed E-state index contributed by atoms with van der Waals surface area (Å²) in [5, 5.41) is 12.3. The summed E-state index contributed by atoms with van der Waals surface area (Å²) in [6, 6.07) is 9.93. The first kappa shape index (κ1) is 18.7.